The number of nitrogens with zero attached hydrogens (tertiary/aromatic N) is 4. The van der Waals surface area contributed by atoms with Gasteiger partial charge in [-0.3, -0.25) is 9.69 Å². The van der Waals surface area contributed by atoms with Gasteiger partial charge >= 0.3 is 0 Å². The highest BCUT2D eigenvalue weighted by Crippen LogP contribution is 2.34. The van der Waals surface area contributed by atoms with Crippen molar-refractivity contribution in [1.82, 2.24) is 25.1 Å². The normalized spacial score (nSPS) is 23.3. The van der Waals surface area contributed by atoms with E-state index in [9.17, 15) is 4.79 Å². The Morgan fingerprint density at radius 2 is 1.80 bits per heavy atom. The lowest BCUT2D eigenvalue weighted by Gasteiger charge is -2.48. The molecule has 1 aromatic rings. The molecule has 3 aliphatic rings. The first-order valence-electron chi connectivity index (χ1n) is 11.6. The first-order valence-corrected chi connectivity index (χ1v) is 12.6. The van der Waals surface area contributed by atoms with Crippen LogP contribution in [0, 0.1) is 0 Å². The molecule has 2 aliphatic carbocycles. The van der Waals surface area contributed by atoms with Crippen LogP contribution in [-0.2, 0) is 9.53 Å². The van der Waals surface area contributed by atoms with Crippen LogP contribution in [0.25, 0.3) is 0 Å². The molecule has 1 aromatic heterocycles. The van der Waals surface area contributed by atoms with Gasteiger partial charge in [0.05, 0.1) is 19.0 Å². The number of hydrogen-bond acceptors (Lipinski definition) is 7. The smallest absolute Gasteiger partial charge is 0.230 e. The van der Waals surface area contributed by atoms with Gasteiger partial charge < -0.3 is 15.9 Å². The van der Waals surface area contributed by atoms with Crippen LogP contribution >= 0.6 is 11.8 Å². The van der Waals surface area contributed by atoms with Gasteiger partial charge in [0, 0.05) is 31.1 Å². The molecular weight excluding hydrogens is 400 g/mol. The van der Waals surface area contributed by atoms with E-state index in [0.717, 1.165) is 64.4 Å². The number of rotatable bonds is 7. The lowest BCUT2D eigenvalue weighted by Crippen LogP contribution is -2.59. The second-order valence-electron chi connectivity index (χ2n) is 9.00. The van der Waals surface area contributed by atoms with Gasteiger partial charge in [-0.1, -0.05) is 50.3 Å². The van der Waals surface area contributed by atoms with Crippen LogP contribution in [0.1, 0.15) is 76.0 Å². The number of carbonyl (C=O) groups is 1. The Kier molecular flexibility index (Phi) is 7.54. The molecule has 0 radical (unpaired) electrons. The fourth-order valence-corrected chi connectivity index (χ4v) is 6.02. The molecule has 0 unspecified atom stereocenters. The van der Waals surface area contributed by atoms with E-state index in [1.165, 1.54) is 50.3 Å². The minimum absolute atomic E-state index is 0.0421. The average Bonchev–Trinajstić information content (AvgIpc) is 3.18. The summed E-state index contributed by atoms with van der Waals surface area (Å²) in [7, 11) is 0. The quantitative estimate of drug-likeness (QED) is 0.500. The zero-order valence-corrected chi connectivity index (χ0v) is 18.8. The Morgan fingerprint density at radius 1 is 1.10 bits per heavy atom. The van der Waals surface area contributed by atoms with Crippen LogP contribution < -0.4 is 11.2 Å². The third kappa shape index (κ3) is 5.11. The number of morpholine rings is 1. The van der Waals surface area contributed by atoms with Gasteiger partial charge in [-0.15, -0.1) is 10.2 Å². The average molecular weight is 437 g/mol. The monoisotopic (exact) mass is 436 g/mol. The van der Waals surface area contributed by atoms with Crippen LogP contribution in [0.4, 0.5) is 0 Å². The molecule has 3 fully saturated rings. The first kappa shape index (κ1) is 21.9. The largest absolute Gasteiger partial charge is 0.379 e. The summed E-state index contributed by atoms with van der Waals surface area (Å²) in [5.41, 5.74) is 0.0877. The lowest BCUT2D eigenvalue weighted by molar-refractivity contribution is -0.119. The van der Waals surface area contributed by atoms with Crippen molar-refractivity contribution in [3.05, 3.63) is 5.82 Å². The highest BCUT2D eigenvalue weighted by molar-refractivity contribution is 7.99. The Morgan fingerprint density at radius 3 is 2.53 bits per heavy atom. The number of amides is 1. The maximum absolute atomic E-state index is 12.6. The van der Waals surface area contributed by atoms with E-state index < -0.39 is 0 Å². The second-order valence-corrected chi connectivity index (χ2v) is 9.94. The standard InChI is InChI=1S/C21H36N6O2S/c22-27-19(17-7-3-1-4-8-17)24-25-20(27)30-15-18(28)23-16-21(9-5-2-6-10-21)26-11-13-29-14-12-26/h17H,1-16,22H2,(H,23,28). The maximum Gasteiger partial charge on any atom is 0.230 e. The predicted octanol–water partition coefficient (Wildman–Crippen LogP) is 2.28. The maximum atomic E-state index is 12.6. The van der Waals surface area contributed by atoms with E-state index >= 15 is 0 Å². The number of nitrogen functional groups attached to an aromatic ring is 1. The third-order valence-electron chi connectivity index (χ3n) is 7.07. The Balaban J connectivity index is 1.29. The van der Waals surface area contributed by atoms with Crippen LogP contribution in [-0.4, -0.2) is 69.8 Å². The Bertz CT molecular complexity index is 694. The molecule has 0 atom stereocenters. The summed E-state index contributed by atoms with van der Waals surface area (Å²) >= 11 is 1.38. The van der Waals surface area contributed by atoms with Crippen LogP contribution in [0.15, 0.2) is 5.16 Å². The van der Waals surface area contributed by atoms with Crippen molar-refractivity contribution in [2.45, 2.75) is 80.8 Å². The summed E-state index contributed by atoms with van der Waals surface area (Å²) in [5, 5.41) is 12.4. The lowest BCUT2D eigenvalue weighted by atomic mass is 9.79. The molecule has 2 heterocycles. The molecule has 2 saturated carbocycles. The van der Waals surface area contributed by atoms with E-state index in [0.29, 0.717) is 16.8 Å². The molecule has 0 bridgehead atoms. The highest BCUT2D eigenvalue weighted by Gasteiger charge is 2.38. The van der Waals surface area contributed by atoms with Crippen molar-refractivity contribution < 1.29 is 9.53 Å². The number of hydrogen-bond donors (Lipinski definition) is 2. The van der Waals surface area contributed by atoms with Crippen LogP contribution in [0.2, 0.25) is 0 Å². The summed E-state index contributed by atoms with van der Waals surface area (Å²) in [4.78, 5) is 15.2. The summed E-state index contributed by atoms with van der Waals surface area (Å²) in [6.45, 7) is 4.23. The summed E-state index contributed by atoms with van der Waals surface area (Å²) in [5.74, 6) is 7.88. The Labute approximate surface area is 183 Å². The van der Waals surface area contributed by atoms with Gasteiger partial charge in [-0.25, -0.2) is 4.68 Å². The molecule has 1 amide bonds. The van der Waals surface area contributed by atoms with Crippen LogP contribution in [0.3, 0.4) is 0 Å². The van der Waals surface area contributed by atoms with Crippen molar-refractivity contribution >= 4 is 17.7 Å². The first-order chi connectivity index (χ1) is 14.7. The van der Waals surface area contributed by atoms with Gasteiger partial charge in [0.2, 0.25) is 11.1 Å². The SMILES string of the molecule is Nn1c(SCC(=O)NCC2(N3CCOCC3)CCCCC2)nnc1C1CCCCC1. The second kappa shape index (κ2) is 10.3. The highest BCUT2D eigenvalue weighted by atomic mass is 32.2. The molecule has 0 spiro atoms. The summed E-state index contributed by atoms with van der Waals surface area (Å²) < 4.78 is 7.15. The molecule has 1 aliphatic heterocycles. The predicted molar refractivity (Wildman–Crippen MR) is 118 cm³/mol. The molecule has 0 aromatic carbocycles. The molecule has 8 nitrogen and oxygen atoms in total. The molecule has 9 heteroatoms. The number of nitrogens with one attached hydrogen (secondary N) is 1. The fraction of sp³-hybridized carbons (Fsp3) is 0.857. The van der Waals surface area contributed by atoms with E-state index in [1.54, 1.807) is 4.68 Å². The van der Waals surface area contributed by atoms with Gasteiger partial charge in [0.15, 0.2) is 5.82 Å². The van der Waals surface area contributed by atoms with Crippen molar-refractivity contribution in [3.63, 3.8) is 0 Å². The van der Waals surface area contributed by atoms with Crippen molar-refractivity contribution in [1.29, 1.82) is 0 Å². The number of ether oxygens (including phenoxy) is 1. The topological polar surface area (TPSA) is 98.3 Å². The third-order valence-corrected chi connectivity index (χ3v) is 8.02. The molecule has 1 saturated heterocycles. The summed E-state index contributed by atoms with van der Waals surface area (Å²) in [6.07, 6.45) is 12.1. The number of thioether (sulfide) groups is 1. The zero-order valence-electron chi connectivity index (χ0n) is 18.0. The molecular formula is C21H36N6O2S. The fourth-order valence-electron chi connectivity index (χ4n) is 5.32. The minimum Gasteiger partial charge on any atom is -0.379 e. The molecule has 30 heavy (non-hydrogen) atoms. The van der Waals surface area contributed by atoms with E-state index in [4.69, 9.17) is 10.6 Å². The van der Waals surface area contributed by atoms with Crippen molar-refractivity contribution in [2.75, 3.05) is 44.4 Å². The molecule has 3 N–H and O–H groups in total. The van der Waals surface area contributed by atoms with Gasteiger partial charge in [0.25, 0.3) is 0 Å². The Hall–Kier alpha value is -1.32. The van der Waals surface area contributed by atoms with Crippen molar-refractivity contribution in [3.8, 4) is 0 Å². The van der Waals surface area contributed by atoms with E-state index in [-0.39, 0.29) is 11.4 Å². The van der Waals surface area contributed by atoms with E-state index in [2.05, 4.69) is 20.4 Å². The van der Waals surface area contributed by atoms with E-state index in [1.807, 2.05) is 0 Å². The zero-order chi connectivity index (χ0) is 20.8. The summed E-state index contributed by atoms with van der Waals surface area (Å²) in [6, 6.07) is 0. The number of carbonyl (C=O) groups excluding carboxylic acids is 1. The molecule has 4 rings (SSSR count). The van der Waals surface area contributed by atoms with Gasteiger partial charge in [0.1, 0.15) is 0 Å². The van der Waals surface area contributed by atoms with Crippen molar-refractivity contribution in [2.24, 2.45) is 0 Å². The number of nitrogens with two attached hydrogens (primary N) is 1. The molecule has 168 valence electrons. The van der Waals surface area contributed by atoms with Gasteiger partial charge in [-0.05, 0) is 25.7 Å². The minimum atomic E-state index is 0.0421. The van der Waals surface area contributed by atoms with Gasteiger partial charge in [-0.2, -0.15) is 0 Å². The van der Waals surface area contributed by atoms with Crippen LogP contribution in [0.5, 0.6) is 0 Å². The number of aromatic nitrogens is 3.